The van der Waals surface area contributed by atoms with E-state index < -0.39 is 11.7 Å². The fraction of sp³-hybridized carbons (Fsp3) is 0.211. The third-order valence-electron chi connectivity index (χ3n) is 4.07. The van der Waals surface area contributed by atoms with Gasteiger partial charge < -0.3 is 14.1 Å². The highest BCUT2D eigenvalue weighted by atomic mass is 16.5. The number of amides is 1. The summed E-state index contributed by atoms with van der Waals surface area (Å²) in [5, 5.41) is 0. The normalized spacial score (nSPS) is 10.7. The first-order chi connectivity index (χ1) is 12.5. The van der Waals surface area contributed by atoms with E-state index in [0.717, 1.165) is 5.69 Å². The van der Waals surface area contributed by atoms with Crippen molar-refractivity contribution in [3.63, 3.8) is 0 Å². The molecule has 1 aromatic heterocycles. The number of hydrogen-bond donors (Lipinski definition) is 0. The maximum absolute atomic E-state index is 12.7. The molecule has 0 N–H and O–H groups in total. The number of aromatic nitrogens is 1. The summed E-state index contributed by atoms with van der Waals surface area (Å²) in [6.45, 7) is 2.18. The maximum Gasteiger partial charge on any atom is 0.420 e. The molecule has 3 rings (SSSR count). The van der Waals surface area contributed by atoms with Gasteiger partial charge in [0, 0.05) is 12.2 Å². The predicted molar refractivity (Wildman–Crippen MR) is 96.3 cm³/mol. The zero-order valence-electron chi connectivity index (χ0n) is 14.5. The first kappa shape index (κ1) is 17.5. The van der Waals surface area contributed by atoms with Crippen LogP contribution in [-0.4, -0.2) is 30.1 Å². The van der Waals surface area contributed by atoms with Gasteiger partial charge in [-0.05, 0) is 37.3 Å². The van der Waals surface area contributed by atoms with Gasteiger partial charge in [-0.2, -0.15) is 0 Å². The minimum atomic E-state index is -0.653. The lowest BCUT2D eigenvalue weighted by Crippen LogP contribution is -2.35. The first-order valence-electron chi connectivity index (χ1n) is 8.12. The highest BCUT2D eigenvalue weighted by molar-refractivity contribution is 5.95. The molecule has 0 spiro atoms. The number of hydrogen-bond acceptors (Lipinski definition) is 5. The average Bonchev–Trinajstić information content (AvgIpc) is 2.97. The zero-order chi connectivity index (χ0) is 18.7. The number of benzene rings is 2. The van der Waals surface area contributed by atoms with E-state index in [2.05, 4.69) is 4.74 Å². The van der Waals surface area contributed by atoms with Crippen LogP contribution in [-0.2, 0) is 16.1 Å². The SMILES string of the molecule is CCN(C(=O)Cn1c(=O)oc2cc(C(=O)OC)ccc21)c1ccccc1. The molecule has 0 radical (unpaired) electrons. The Kier molecular flexibility index (Phi) is 4.88. The smallest absolute Gasteiger partial charge is 0.420 e. The van der Waals surface area contributed by atoms with Crippen LogP contribution in [0.25, 0.3) is 11.1 Å². The van der Waals surface area contributed by atoms with Gasteiger partial charge in [-0.25, -0.2) is 9.59 Å². The molecule has 2 aromatic carbocycles. The van der Waals surface area contributed by atoms with Crippen molar-refractivity contribution in [1.29, 1.82) is 0 Å². The fourth-order valence-corrected chi connectivity index (χ4v) is 2.79. The third-order valence-corrected chi connectivity index (χ3v) is 4.07. The quantitative estimate of drug-likeness (QED) is 0.657. The van der Waals surface area contributed by atoms with Gasteiger partial charge in [0.25, 0.3) is 0 Å². The summed E-state index contributed by atoms with van der Waals surface area (Å²) in [6, 6.07) is 13.8. The Hall–Kier alpha value is -3.35. The van der Waals surface area contributed by atoms with Crippen LogP contribution in [0, 0.1) is 0 Å². The van der Waals surface area contributed by atoms with Crippen LogP contribution in [0.2, 0.25) is 0 Å². The number of esters is 1. The van der Waals surface area contributed by atoms with Crippen molar-refractivity contribution in [3.05, 3.63) is 64.6 Å². The summed E-state index contributed by atoms with van der Waals surface area (Å²) in [5.74, 6) is -1.42. The highest BCUT2D eigenvalue weighted by Crippen LogP contribution is 2.18. The molecule has 134 valence electrons. The number of ether oxygens (including phenoxy) is 1. The molecule has 1 amide bonds. The van der Waals surface area contributed by atoms with Gasteiger partial charge in [0.1, 0.15) is 6.54 Å². The van der Waals surface area contributed by atoms with E-state index in [0.29, 0.717) is 12.1 Å². The van der Waals surface area contributed by atoms with Crippen molar-refractivity contribution in [2.24, 2.45) is 0 Å². The Morgan fingerprint density at radius 3 is 2.54 bits per heavy atom. The summed E-state index contributed by atoms with van der Waals surface area (Å²) < 4.78 is 11.1. The molecule has 0 aliphatic rings. The second-order valence-electron chi connectivity index (χ2n) is 5.60. The van der Waals surface area contributed by atoms with Gasteiger partial charge in [-0.15, -0.1) is 0 Å². The van der Waals surface area contributed by atoms with Gasteiger partial charge in [0.15, 0.2) is 5.58 Å². The number of anilines is 1. The Balaban J connectivity index is 1.93. The van der Waals surface area contributed by atoms with Crippen LogP contribution in [0.5, 0.6) is 0 Å². The molecule has 0 saturated heterocycles. The monoisotopic (exact) mass is 354 g/mol. The number of nitrogens with zero attached hydrogens (tertiary/aromatic N) is 2. The minimum absolute atomic E-state index is 0.161. The number of carbonyl (C=O) groups is 2. The Bertz CT molecular complexity index is 1000. The standard InChI is InChI=1S/C19H18N2O5/c1-3-20(14-7-5-4-6-8-14)17(22)12-21-15-10-9-13(18(23)25-2)11-16(15)26-19(21)24/h4-11H,3,12H2,1-2H3. The Morgan fingerprint density at radius 1 is 1.15 bits per heavy atom. The second-order valence-corrected chi connectivity index (χ2v) is 5.60. The molecule has 7 nitrogen and oxygen atoms in total. The van der Waals surface area contributed by atoms with Crippen molar-refractivity contribution < 1.29 is 18.7 Å². The number of rotatable bonds is 5. The van der Waals surface area contributed by atoms with Gasteiger partial charge >= 0.3 is 11.7 Å². The van der Waals surface area contributed by atoms with Crippen LogP contribution in [0.3, 0.4) is 0 Å². The van der Waals surface area contributed by atoms with E-state index in [1.807, 2.05) is 37.3 Å². The summed E-state index contributed by atoms with van der Waals surface area (Å²) in [4.78, 5) is 38.1. The number of fused-ring (bicyclic) bond motifs is 1. The lowest BCUT2D eigenvalue weighted by atomic mass is 10.2. The lowest BCUT2D eigenvalue weighted by Gasteiger charge is -2.21. The van der Waals surface area contributed by atoms with Crippen LogP contribution in [0.15, 0.2) is 57.7 Å². The van der Waals surface area contributed by atoms with E-state index in [9.17, 15) is 14.4 Å². The molecule has 0 unspecified atom stereocenters. The van der Waals surface area contributed by atoms with E-state index in [1.165, 1.54) is 23.8 Å². The number of para-hydroxylation sites is 1. The van der Waals surface area contributed by atoms with Crippen LogP contribution < -0.4 is 10.7 Å². The topological polar surface area (TPSA) is 81.8 Å². The van der Waals surface area contributed by atoms with Gasteiger partial charge in [-0.1, -0.05) is 18.2 Å². The Morgan fingerprint density at radius 2 is 1.88 bits per heavy atom. The molecule has 3 aromatic rings. The van der Waals surface area contributed by atoms with Crippen molar-refractivity contribution in [3.8, 4) is 0 Å². The fourth-order valence-electron chi connectivity index (χ4n) is 2.79. The van der Waals surface area contributed by atoms with Gasteiger partial charge in [-0.3, -0.25) is 9.36 Å². The minimum Gasteiger partial charge on any atom is -0.465 e. The molecule has 0 fully saturated rings. The van der Waals surface area contributed by atoms with E-state index in [1.54, 1.807) is 11.0 Å². The molecule has 0 bridgehead atoms. The molecule has 1 heterocycles. The van der Waals surface area contributed by atoms with Crippen molar-refractivity contribution in [1.82, 2.24) is 4.57 Å². The summed E-state index contributed by atoms with van der Waals surface area (Å²) >= 11 is 0. The van der Waals surface area contributed by atoms with Crippen molar-refractivity contribution >= 4 is 28.7 Å². The second kappa shape index (κ2) is 7.26. The molecular weight excluding hydrogens is 336 g/mol. The summed E-state index contributed by atoms with van der Waals surface area (Å²) in [5.41, 5.74) is 1.70. The Labute approximate surface area is 149 Å². The average molecular weight is 354 g/mol. The van der Waals surface area contributed by atoms with Crippen LogP contribution in [0.4, 0.5) is 5.69 Å². The molecule has 0 aliphatic carbocycles. The van der Waals surface area contributed by atoms with E-state index in [4.69, 9.17) is 4.42 Å². The zero-order valence-corrected chi connectivity index (χ0v) is 14.5. The highest BCUT2D eigenvalue weighted by Gasteiger charge is 2.19. The molecule has 0 saturated carbocycles. The first-order valence-corrected chi connectivity index (χ1v) is 8.12. The number of methoxy groups -OCH3 is 1. The number of oxazole rings is 1. The third kappa shape index (κ3) is 3.23. The molecule has 7 heteroatoms. The van der Waals surface area contributed by atoms with Gasteiger partial charge in [0.2, 0.25) is 5.91 Å². The summed E-state index contributed by atoms with van der Waals surface area (Å²) in [7, 11) is 1.27. The molecule has 0 aliphatic heterocycles. The molecular formula is C19H18N2O5. The predicted octanol–water partition coefficient (Wildman–Crippen LogP) is 2.43. The molecule has 26 heavy (non-hydrogen) atoms. The lowest BCUT2D eigenvalue weighted by molar-refractivity contribution is -0.119. The largest absolute Gasteiger partial charge is 0.465 e. The molecule has 0 atom stereocenters. The summed E-state index contributed by atoms with van der Waals surface area (Å²) in [6.07, 6.45) is 0. The maximum atomic E-state index is 12.7. The van der Waals surface area contributed by atoms with Crippen LogP contribution >= 0.6 is 0 Å². The van der Waals surface area contributed by atoms with Crippen molar-refractivity contribution in [2.75, 3.05) is 18.6 Å². The number of carbonyl (C=O) groups excluding carboxylic acids is 2. The van der Waals surface area contributed by atoms with E-state index in [-0.39, 0.29) is 23.6 Å². The van der Waals surface area contributed by atoms with E-state index >= 15 is 0 Å². The van der Waals surface area contributed by atoms with Crippen molar-refractivity contribution in [2.45, 2.75) is 13.5 Å². The van der Waals surface area contributed by atoms with Gasteiger partial charge in [0.05, 0.1) is 18.2 Å². The van der Waals surface area contributed by atoms with Crippen LogP contribution in [0.1, 0.15) is 17.3 Å². The number of likely N-dealkylation sites (N-methyl/N-ethyl adjacent to an activating group) is 1.